The van der Waals surface area contributed by atoms with Crippen molar-refractivity contribution >= 4 is 22.5 Å². The largest absolute Gasteiger partial charge is 0.398 e. The lowest BCUT2D eigenvalue weighted by Gasteiger charge is -2.04. The third-order valence-corrected chi connectivity index (χ3v) is 3.17. The van der Waals surface area contributed by atoms with Crippen LogP contribution in [-0.2, 0) is 0 Å². The van der Waals surface area contributed by atoms with E-state index in [-0.39, 0.29) is 17.1 Å². The maximum Gasteiger partial charge on any atom is 0.190 e. The Morgan fingerprint density at radius 1 is 1.10 bits per heavy atom. The molecule has 4 rings (SSSR count). The second-order valence-electron chi connectivity index (χ2n) is 4.42. The second kappa shape index (κ2) is 3.95. The Bertz CT molecular complexity index is 988. The van der Waals surface area contributed by atoms with Gasteiger partial charge in [-0.15, -0.1) is 10.2 Å². The zero-order valence-electron chi connectivity index (χ0n) is 10.4. The number of anilines is 1. The van der Waals surface area contributed by atoms with Gasteiger partial charge in [-0.1, -0.05) is 0 Å². The van der Waals surface area contributed by atoms with Crippen molar-refractivity contribution in [1.82, 2.24) is 29.5 Å². The Hall–Kier alpha value is -3.10. The molecule has 0 aliphatic rings. The van der Waals surface area contributed by atoms with E-state index in [1.54, 1.807) is 0 Å². The fourth-order valence-electron chi connectivity index (χ4n) is 2.17. The molecule has 104 valence electrons. The summed E-state index contributed by atoms with van der Waals surface area (Å²) in [4.78, 5) is 11.0. The minimum absolute atomic E-state index is 0.0629. The van der Waals surface area contributed by atoms with Crippen LogP contribution < -0.4 is 5.73 Å². The van der Waals surface area contributed by atoms with Gasteiger partial charge in [-0.25, -0.2) is 18.7 Å². The molecule has 4 aromatic rings. The highest BCUT2D eigenvalue weighted by Crippen LogP contribution is 2.28. The van der Waals surface area contributed by atoms with Gasteiger partial charge in [0.15, 0.2) is 28.8 Å². The number of nitrogens with one attached hydrogen (secondary N) is 1. The molecule has 3 aromatic heterocycles. The van der Waals surface area contributed by atoms with Crippen molar-refractivity contribution in [1.29, 1.82) is 0 Å². The molecule has 7 nitrogen and oxygen atoms in total. The molecular formula is C12H7F2N7. The highest BCUT2D eigenvalue weighted by molar-refractivity contribution is 5.86. The summed E-state index contributed by atoms with van der Waals surface area (Å²) >= 11 is 0. The molecule has 0 unspecified atom stereocenters. The first-order valence-corrected chi connectivity index (χ1v) is 5.93. The van der Waals surface area contributed by atoms with Gasteiger partial charge in [0.25, 0.3) is 0 Å². The molecule has 21 heavy (non-hydrogen) atoms. The average Bonchev–Trinajstić information content (AvgIpc) is 3.08. The topological polar surface area (TPSA) is 97.8 Å². The molecule has 0 saturated heterocycles. The van der Waals surface area contributed by atoms with Crippen LogP contribution in [0.2, 0.25) is 0 Å². The molecule has 0 spiro atoms. The molecule has 0 aliphatic carbocycles. The highest BCUT2D eigenvalue weighted by Gasteiger charge is 2.17. The van der Waals surface area contributed by atoms with E-state index >= 15 is 0 Å². The normalized spacial score (nSPS) is 11.5. The number of nitrogens with zero attached hydrogens (tertiary/aromatic N) is 5. The summed E-state index contributed by atoms with van der Waals surface area (Å²) in [5, 5.41) is 8.00. The number of benzene rings is 1. The Morgan fingerprint density at radius 3 is 2.76 bits per heavy atom. The molecule has 0 amide bonds. The average molecular weight is 287 g/mol. The zero-order chi connectivity index (χ0) is 14.6. The summed E-state index contributed by atoms with van der Waals surface area (Å²) < 4.78 is 28.1. The van der Waals surface area contributed by atoms with Crippen LogP contribution in [0.3, 0.4) is 0 Å². The summed E-state index contributed by atoms with van der Waals surface area (Å²) in [5.41, 5.74) is 7.59. The van der Waals surface area contributed by atoms with Crippen molar-refractivity contribution in [3.63, 3.8) is 0 Å². The summed E-state index contributed by atoms with van der Waals surface area (Å²) in [6.45, 7) is 0. The first-order valence-electron chi connectivity index (χ1n) is 5.93. The lowest BCUT2D eigenvalue weighted by molar-refractivity contribution is 0.509. The molecular weight excluding hydrogens is 280 g/mol. The number of nitrogens with two attached hydrogens (primary N) is 1. The Labute approximate surface area is 115 Å². The van der Waals surface area contributed by atoms with E-state index in [4.69, 9.17) is 5.73 Å². The highest BCUT2D eigenvalue weighted by atomic mass is 19.2. The first kappa shape index (κ1) is 11.7. The first-order chi connectivity index (χ1) is 10.1. The van der Waals surface area contributed by atoms with E-state index in [2.05, 4.69) is 25.1 Å². The van der Waals surface area contributed by atoms with E-state index in [0.29, 0.717) is 16.8 Å². The summed E-state index contributed by atoms with van der Waals surface area (Å²) in [6, 6.07) is 1.90. The number of fused-ring (bicyclic) bond motifs is 3. The van der Waals surface area contributed by atoms with Crippen molar-refractivity contribution in [3.05, 3.63) is 36.4 Å². The molecule has 3 N–H and O–H groups in total. The van der Waals surface area contributed by atoms with Crippen molar-refractivity contribution in [3.8, 4) is 11.4 Å². The number of hydrogen-bond donors (Lipinski definition) is 2. The van der Waals surface area contributed by atoms with Gasteiger partial charge >= 0.3 is 0 Å². The number of hydrogen-bond acceptors (Lipinski definition) is 5. The van der Waals surface area contributed by atoms with E-state index < -0.39 is 11.6 Å². The van der Waals surface area contributed by atoms with Crippen LogP contribution in [0.15, 0.2) is 24.8 Å². The summed E-state index contributed by atoms with van der Waals surface area (Å²) in [5.74, 6) is -1.75. The second-order valence-corrected chi connectivity index (χ2v) is 4.42. The summed E-state index contributed by atoms with van der Waals surface area (Å²) in [7, 11) is 0. The van der Waals surface area contributed by atoms with Crippen LogP contribution >= 0.6 is 0 Å². The van der Waals surface area contributed by atoms with Gasteiger partial charge in [-0.05, 0) is 6.07 Å². The molecule has 3 heterocycles. The van der Waals surface area contributed by atoms with Gasteiger partial charge in [0.2, 0.25) is 0 Å². The van der Waals surface area contributed by atoms with Gasteiger partial charge in [-0.3, -0.25) is 4.40 Å². The number of nitrogen functional groups attached to an aromatic ring is 1. The standard InChI is InChI=1S/C12H7F2N7/c13-6-1-5(8(15)2-7(6)14)11-19-20-12-9-10(17-3-16-9)18-4-21(11)12/h1-4H,15H2,(H,16,17). The monoisotopic (exact) mass is 287 g/mol. The van der Waals surface area contributed by atoms with Gasteiger partial charge in [0.05, 0.1) is 6.33 Å². The van der Waals surface area contributed by atoms with E-state index in [1.165, 1.54) is 17.1 Å². The molecule has 0 atom stereocenters. The zero-order valence-corrected chi connectivity index (χ0v) is 10.4. The van der Waals surface area contributed by atoms with Crippen LogP contribution in [0.4, 0.5) is 14.5 Å². The predicted octanol–water partition coefficient (Wildman–Crippen LogP) is 1.53. The van der Waals surface area contributed by atoms with Crippen LogP contribution in [0.1, 0.15) is 0 Å². The van der Waals surface area contributed by atoms with Crippen molar-refractivity contribution in [2.24, 2.45) is 0 Å². The minimum Gasteiger partial charge on any atom is -0.398 e. The fourth-order valence-corrected chi connectivity index (χ4v) is 2.17. The van der Waals surface area contributed by atoms with Crippen molar-refractivity contribution in [2.75, 3.05) is 5.73 Å². The number of halogens is 2. The van der Waals surface area contributed by atoms with Crippen LogP contribution in [0, 0.1) is 11.6 Å². The number of aromatic amines is 1. The maximum absolute atomic E-state index is 13.4. The maximum atomic E-state index is 13.4. The van der Waals surface area contributed by atoms with Crippen molar-refractivity contribution in [2.45, 2.75) is 0 Å². The van der Waals surface area contributed by atoms with E-state index in [0.717, 1.165) is 12.1 Å². The number of imidazole rings is 1. The van der Waals surface area contributed by atoms with E-state index in [9.17, 15) is 8.78 Å². The van der Waals surface area contributed by atoms with E-state index in [1.807, 2.05) is 0 Å². The van der Waals surface area contributed by atoms with Crippen LogP contribution in [0.5, 0.6) is 0 Å². The lowest BCUT2D eigenvalue weighted by Crippen LogP contribution is -1.98. The fraction of sp³-hybridized carbons (Fsp3) is 0. The number of rotatable bonds is 1. The van der Waals surface area contributed by atoms with Crippen LogP contribution in [-0.4, -0.2) is 29.5 Å². The number of aromatic nitrogens is 6. The summed E-state index contributed by atoms with van der Waals surface area (Å²) in [6.07, 6.45) is 2.94. The molecule has 0 saturated carbocycles. The van der Waals surface area contributed by atoms with Gasteiger partial charge in [0.1, 0.15) is 11.8 Å². The quantitative estimate of drug-likeness (QED) is 0.517. The van der Waals surface area contributed by atoms with Gasteiger partial charge in [-0.2, -0.15) is 0 Å². The van der Waals surface area contributed by atoms with Gasteiger partial charge in [0, 0.05) is 17.3 Å². The van der Waals surface area contributed by atoms with Gasteiger partial charge < -0.3 is 10.7 Å². The minimum atomic E-state index is -1.01. The smallest absolute Gasteiger partial charge is 0.190 e. The Kier molecular flexibility index (Phi) is 2.20. The lowest BCUT2D eigenvalue weighted by atomic mass is 10.1. The Balaban J connectivity index is 2.05. The third-order valence-electron chi connectivity index (χ3n) is 3.17. The molecule has 0 radical (unpaired) electrons. The SMILES string of the molecule is Nc1cc(F)c(F)cc1-c1nnc2c3[nH]cnc3ncn12. The van der Waals surface area contributed by atoms with Crippen LogP contribution in [0.25, 0.3) is 28.2 Å². The third kappa shape index (κ3) is 1.57. The predicted molar refractivity (Wildman–Crippen MR) is 70.2 cm³/mol. The molecule has 1 aromatic carbocycles. The van der Waals surface area contributed by atoms with Crippen molar-refractivity contribution < 1.29 is 8.78 Å². The molecule has 0 fully saturated rings. The Morgan fingerprint density at radius 2 is 1.90 bits per heavy atom. The number of H-pyrrole nitrogens is 1. The molecule has 0 bridgehead atoms. The molecule has 0 aliphatic heterocycles. The molecule has 9 heteroatoms.